The van der Waals surface area contributed by atoms with Crippen molar-refractivity contribution in [2.24, 2.45) is 0 Å². The van der Waals surface area contributed by atoms with Crippen molar-refractivity contribution in [2.75, 3.05) is 12.4 Å². The number of hydrogen-bond acceptors (Lipinski definition) is 5. The molecule has 0 aliphatic rings. The van der Waals surface area contributed by atoms with Gasteiger partial charge in [0.2, 0.25) is 0 Å². The second-order valence-electron chi connectivity index (χ2n) is 5.53. The molecule has 0 radical (unpaired) electrons. The molecule has 0 fully saturated rings. The van der Waals surface area contributed by atoms with Crippen LogP contribution in [0.5, 0.6) is 5.75 Å². The molecular weight excluding hydrogens is 373 g/mol. The van der Waals surface area contributed by atoms with Crippen LogP contribution in [0, 0.1) is 5.82 Å². The quantitative estimate of drug-likeness (QED) is 0.475. The van der Waals surface area contributed by atoms with Gasteiger partial charge in [-0.2, -0.15) is 0 Å². The van der Waals surface area contributed by atoms with E-state index in [4.69, 9.17) is 16.3 Å². The smallest absolute Gasteiger partial charge is 0.143 e. The van der Waals surface area contributed by atoms with E-state index in [1.807, 2.05) is 11.4 Å². The van der Waals surface area contributed by atoms with Crippen LogP contribution in [0.2, 0.25) is 5.02 Å². The van der Waals surface area contributed by atoms with Crippen LogP contribution < -0.4 is 10.1 Å². The summed E-state index contributed by atoms with van der Waals surface area (Å²) in [4.78, 5) is 9.57. The number of nitrogens with zero attached hydrogens (tertiary/aromatic N) is 2. The third-order valence-corrected chi connectivity index (χ3v) is 5.12. The average molecular weight is 386 g/mol. The number of nitrogens with one attached hydrogen (secondary N) is 1. The Morgan fingerprint density at radius 1 is 1.12 bits per heavy atom. The van der Waals surface area contributed by atoms with Gasteiger partial charge in [-0.25, -0.2) is 14.4 Å². The van der Waals surface area contributed by atoms with Crippen molar-refractivity contribution < 1.29 is 9.13 Å². The van der Waals surface area contributed by atoms with Crippen LogP contribution in [0.3, 0.4) is 0 Å². The Morgan fingerprint density at radius 3 is 2.65 bits per heavy atom. The molecule has 4 nitrogen and oxygen atoms in total. The van der Waals surface area contributed by atoms with Crippen molar-refractivity contribution >= 4 is 44.7 Å². The fraction of sp³-hybridized carbons (Fsp3) is 0.0526. The summed E-state index contributed by atoms with van der Waals surface area (Å²) in [5.41, 5.74) is 2.64. The fourth-order valence-electron chi connectivity index (χ4n) is 2.69. The van der Waals surface area contributed by atoms with Crippen LogP contribution in [0.1, 0.15) is 0 Å². The molecule has 7 heteroatoms. The second-order valence-corrected chi connectivity index (χ2v) is 6.80. The van der Waals surface area contributed by atoms with E-state index in [9.17, 15) is 4.39 Å². The predicted molar refractivity (Wildman–Crippen MR) is 104 cm³/mol. The predicted octanol–water partition coefficient (Wildman–Crippen LogP) is 5.90. The number of aromatic nitrogens is 2. The van der Waals surface area contributed by atoms with E-state index < -0.39 is 0 Å². The molecule has 1 N–H and O–H groups in total. The van der Waals surface area contributed by atoms with E-state index >= 15 is 0 Å². The first-order valence-corrected chi connectivity index (χ1v) is 9.00. The largest absolute Gasteiger partial charge is 0.495 e. The van der Waals surface area contributed by atoms with Crippen LogP contribution in [0.15, 0.2) is 54.2 Å². The van der Waals surface area contributed by atoms with Crippen LogP contribution in [0.25, 0.3) is 21.3 Å². The van der Waals surface area contributed by atoms with Gasteiger partial charge in [0.15, 0.2) is 0 Å². The van der Waals surface area contributed by atoms with Gasteiger partial charge in [-0.05, 0) is 35.9 Å². The molecule has 0 saturated carbocycles. The van der Waals surface area contributed by atoms with Gasteiger partial charge in [0.1, 0.15) is 28.5 Å². The molecule has 0 aliphatic carbocycles. The molecule has 2 heterocycles. The van der Waals surface area contributed by atoms with Crippen LogP contribution in [-0.4, -0.2) is 17.1 Å². The minimum atomic E-state index is -0.268. The number of anilines is 2. The molecule has 4 rings (SSSR count). The monoisotopic (exact) mass is 385 g/mol. The van der Waals surface area contributed by atoms with Crippen LogP contribution in [-0.2, 0) is 0 Å². The summed E-state index contributed by atoms with van der Waals surface area (Å²) >= 11 is 7.72. The molecule has 0 aliphatic heterocycles. The third kappa shape index (κ3) is 3.09. The molecule has 4 aromatic rings. The van der Waals surface area contributed by atoms with Gasteiger partial charge in [0, 0.05) is 16.6 Å². The lowest BCUT2D eigenvalue weighted by atomic mass is 10.1. The topological polar surface area (TPSA) is 47.0 Å². The molecule has 0 bridgehead atoms. The zero-order valence-electron chi connectivity index (χ0n) is 13.7. The van der Waals surface area contributed by atoms with E-state index in [1.165, 1.54) is 29.8 Å². The molecule has 2 aromatic heterocycles. The number of hydrogen-bond donors (Lipinski definition) is 1. The van der Waals surface area contributed by atoms with Gasteiger partial charge >= 0.3 is 0 Å². The Balaban J connectivity index is 1.79. The highest BCUT2D eigenvalue weighted by Gasteiger charge is 2.14. The van der Waals surface area contributed by atoms with E-state index in [1.54, 1.807) is 31.4 Å². The maximum Gasteiger partial charge on any atom is 0.143 e. The first-order valence-electron chi connectivity index (χ1n) is 7.74. The Hall–Kier alpha value is -2.70. The lowest BCUT2D eigenvalue weighted by Crippen LogP contribution is -1.96. The first kappa shape index (κ1) is 16.8. The van der Waals surface area contributed by atoms with Gasteiger partial charge in [-0.15, -0.1) is 11.3 Å². The average Bonchev–Trinajstić information content (AvgIpc) is 3.08. The van der Waals surface area contributed by atoms with Crippen LogP contribution in [0.4, 0.5) is 15.9 Å². The SMILES string of the molecule is COc1ccc(Nc2ncnc3scc(-c4ccc(F)cc4)c23)cc1Cl. The van der Waals surface area contributed by atoms with E-state index in [0.717, 1.165) is 27.0 Å². The highest BCUT2D eigenvalue weighted by atomic mass is 35.5. The number of fused-ring (bicyclic) bond motifs is 1. The van der Waals surface area contributed by atoms with Crippen molar-refractivity contribution in [3.63, 3.8) is 0 Å². The molecule has 0 atom stereocenters. The van der Waals surface area contributed by atoms with E-state index in [-0.39, 0.29) is 5.82 Å². The third-order valence-electron chi connectivity index (χ3n) is 3.94. The van der Waals surface area contributed by atoms with Crippen molar-refractivity contribution in [1.82, 2.24) is 9.97 Å². The number of ether oxygens (including phenoxy) is 1. The number of benzene rings is 2. The Bertz CT molecular complexity index is 1080. The summed E-state index contributed by atoms with van der Waals surface area (Å²) in [5.74, 6) is 1.00. The minimum absolute atomic E-state index is 0.268. The zero-order valence-corrected chi connectivity index (χ0v) is 15.2. The summed E-state index contributed by atoms with van der Waals surface area (Å²) in [6.45, 7) is 0. The maximum atomic E-state index is 13.3. The Kier molecular flexibility index (Phi) is 4.44. The summed E-state index contributed by atoms with van der Waals surface area (Å²) in [6, 6.07) is 11.8. The van der Waals surface area contributed by atoms with Crippen molar-refractivity contribution in [1.29, 1.82) is 0 Å². The van der Waals surface area contributed by atoms with Crippen molar-refractivity contribution in [3.8, 4) is 16.9 Å². The molecule has 0 saturated heterocycles. The molecule has 130 valence electrons. The highest BCUT2D eigenvalue weighted by molar-refractivity contribution is 7.17. The number of methoxy groups -OCH3 is 1. The number of rotatable bonds is 4. The second kappa shape index (κ2) is 6.90. The van der Waals surface area contributed by atoms with Gasteiger partial charge in [-0.1, -0.05) is 23.7 Å². The van der Waals surface area contributed by atoms with Gasteiger partial charge in [0.25, 0.3) is 0 Å². The molecular formula is C19H13ClFN3OS. The molecule has 0 spiro atoms. The van der Waals surface area contributed by atoms with Gasteiger partial charge in [-0.3, -0.25) is 0 Å². The summed E-state index contributed by atoms with van der Waals surface area (Å²) < 4.78 is 18.4. The van der Waals surface area contributed by atoms with Gasteiger partial charge < -0.3 is 10.1 Å². The number of halogens is 2. The first-order chi connectivity index (χ1) is 12.7. The highest BCUT2D eigenvalue weighted by Crippen LogP contribution is 2.38. The summed E-state index contributed by atoms with van der Waals surface area (Å²) in [5, 5.41) is 6.68. The normalized spacial score (nSPS) is 10.9. The summed E-state index contributed by atoms with van der Waals surface area (Å²) in [7, 11) is 1.57. The molecule has 26 heavy (non-hydrogen) atoms. The molecule has 0 amide bonds. The summed E-state index contributed by atoms with van der Waals surface area (Å²) in [6.07, 6.45) is 1.51. The van der Waals surface area contributed by atoms with Crippen molar-refractivity contribution in [2.45, 2.75) is 0 Å². The standard InChI is InChI=1S/C19H13ClFN3OS/c1-25-16-7-6-13(8-15(16)20)24-18-17-14(9-26-19(17)23-10-22-18)11-2-4-12(21)5-3-11/h2-10H,1H3,(H,22,23,24). The molecule has 2 aromatic carbocycles. The lowest BCUT2D eigenvalue weighted by molar-refractivity contribution is 0.415. The van der Waals surface area contributed by atoms with E-state index in [2.05, 4.69) is 15.3 Å². The number of thiophene rings is 1. The molecule has 0 unspecified atom stereocenters. The minimum Gasteiger partial charge on any atom is -0.495 e. The Morgan fingerprint density at radius 2 is 1.92 bits per heavy atom. The van der Waals surface area contributed by atoms with Gasteiger partial charge in [0.05, 0.1) is 17.5 Å². The Labute approximate surface area is 158 Å². The zero-order chi connectivity index (χ0) is 18.1. The fourth-order valence-corrected chi connectivity index (χ4v) is 3.87. The van der Waals surface area contributed by atoms with Crippen molar-refractivity contribution in [3.05, 3.63) is 65.0 Å². The lowest BCUT2D eigenvalue weighted by Gasteiger charge is -2.10. The van der Waals surface area contributed by atoms with Crippen LogP contribution >= 0.6 is 22.9 Å². The maximum absolute atomic E-state index is 13.3. The van der Waals surface area contributed by atoms with E-state index in [0.29, 0.717) is 16.6 Å².